The highest BCUT2D eigenvalue weighted by molar-refractivity contribution is 5.82. The Bertz CT molecular complexity index is 637. The van der Waals surface area contributed by atoms with E-state index in [-0.39, 0.29) is 18.1 Å². The molecule has 5 heteroatoms. The van der Waals surface area contributed by atoms with E-state index in [0.717, 1.165) is 37.0 Å². The van der Waals surface area contributed by atoms with Gasteiger partial charge in [0.15, 0.2) is 12.7 Å². The first kappa shape index (κ1) is 17.4. The van der Waals surface area contributed by atoms with Crippen LogP contribution in [0.15, 0.2) is 30.3 Å². The van der Waals surface area contributed by atoms with E-state index in [2.05, 4.69) is 5.32 Å². The van der Waals surface area contributed by atoms with E-state index in [1.165, 1.54) is 19.3 Å². The van der Waals surface area contributed by atoms with E-state index in [9.17, 15) is 9.59 Å². The summed E-state index contributed by atoms with van der Waals surface area (Å²) in [6, 6.07) is 9.12. The summed E-state index contributed by atoms with van der Waals surface area (Å²) >= 11 is 0. The molecule has 0 aliphatic heterocycles. The fourth-order valence-corrected chi connectivity index (χ4v) is 5.60. The van der Waals surface area contributed by atoms with Crippen molar-refractivity contribution in [1.29, 1.82) is 0 Å². The minimum Gasteiger partial charge on any atom is -0.479 e. The average Bonchev–Trinajstić information content (AvgIpc) is 2.59. The number of para-hydroxylation sites is 1. The van der Waals surface area contributed by atoms with Gasteiger partial charge in [-0.05, 0) is 75.3 Å². The highest BCUT2D eigenvalue weighted by atomic mass is 16.6. The first-order chi connectivity index (χ1) is 12.5. The summed E-state index contributed by atoms with van der Waals surface area (Å²) < 4.78 is 10.7. The van der Waals surface area contributed by atoms with Crippen LogP contribution in [0.5, 0.6) is 5.75 Å². The van der Waals surface area contributed by atoms with Crippen molar-refractivity contribution in [3.8, 4) is 5.75 Å². The van der Waals surface area contributed by atoms with Crippen LogP contribution in [-0.2, 0) is 14.3 Å². The van der Waals surface area contributed by atoms with Crippen LogP contribution in [0.3, 0.4) is 0 Å². The zero-order valence-electron chi connectivity index (χ0n) is 15.3. The molecule has 0 unspecified atom stereocenters. The number of ether oxygens (including phenoxy) is 2. The molecular formula is C21H27NO4. The number of nitrogens with one attached hydrogen (secondary N) is 1. The summed E-state index contributed by atoms with van der Waals surface area (Å²) in [7, 11) is 0. The van der Waals surface area contributed by atoms with Crippen LogP contribution in [-0.4, -0.2) is 30.1 Å². The zero-order valence-corrected chi connectivity index (χ0v) is 15.3. The van der Waals surface area contributed by atoms with Gasteiger partial charge >= 0.3 is 5.97 Å². The van der Waals surface area contributed by atoms with Crippen LogP contribution in [0.4, 0.5) is 0 Å². The molecule has 5 nitrogen and oxygen atoms in total. The molecule has 0 heterocycles. The predicted octanol–water partition coefficient (Wildman–Crippen LogP) is 3.08. The minimum atomic E-state index is -0.746. The Morgan fingerprint density at radius 2 is 1.65 bits per heavy atom. The van der Waals surface area contributed by atoms with Crippen molar-refractivity contribution < 1.29 is 19.1 Å². The zero-order chi connectivity index (χ0) is 18.1. The van der Waals surface area contributed by atoms with Crippen LogP contribution in [0.25, 0.3) is 0 Å². The van der Waals surface area contributed by atoms with Gasteiger partial charge in [-0.15, -0.1) is 0 Å². The summed E-state index contributed by atoms with van der Waals surface area (Å²) in [5, 5.41) is 3.21. The molecule has 1 N–H and O–H groups in total. The van der Waals surface area contributed by atoms with Gasteiger partial charge in [0.1, 0.15) is 5.75 Å². The normalized spacial score (nSPS) is 32.7. The lowest BCUT2D eigenvalue weighted by Crippen LogP contribution is -2.60. The van der Waals surface area contributed by atoms with Crippen LogP contribution in [0.1, 0.15) is 45.4 Å². The Balaban J connectivity index is 1.26. The molecule has 1 aromatic carbocycles. The fourth-order valence-electron chi connectivity index (χ4n) is 5.60. The third-order valence-electron chi connectivity index (χ3n) is 6.18. The SMILES string of the molecule is C[C@H](Oc1ccccc1)C(=O)OCC(=O)NC12CC3CC(CC(C3)C1)C2. The topological polar surface area (TPSA) is 64.6 Å². The molecule has 1 aromatic rings. The molecule has 0 radical (unpaired) electrons. The van der Waals surface area contributed by atoms with Gasteiger partial charge in [-0.3, -0.25) is 4.79 Å². The van der Waals surface area contributed by atoms with E-state index in [1.54, 1.807) is 19.1 Å². The number of rotatable bonds is 6. The number of hydrogen-bond donors (Lipinski definition) is 1. The second-order valence-electron chi connectivity index (χ2n) is 8.43. The maximum atomic E-state index is 12.4. The smallest absolute Gasteiger partial charge is 0.347 e. The Kier molecular flexibility index (Phi) is 4.63. The largest absolute Gasteiger partial charge is 0.479 e. The van der Waals surface area contributed by atoms with E-state index in [0.29, 0.717) is 5.75 Å². The molecule has 26 heavy (non-hydrogen) atoms. The van der Waals surface area contributed by atoms with Crippen molar-refractivity contribution in [2.45, 2.75) is 57.1 Å². The third kappa shape index (κ3) is 3.71. The quantitative estimate of drug-likeness (QED) is 0.795. The van der Waals surface area contributed by atoms with Crippen LogP contribution in [0.2, 0.25) is 0 Å². The fraction of sp³-hybridized carbons (Fsp3) is 0.619. The van der Waals surface area contributed by atoms with Gasteiger partial charge in [0.25, 0.3) is 5.91 Å². The van der Waals surface area contributed by atoms with Crippen molar-refractivity contribution in [3.05, 3.63) is 30.3 Å². The van der Waals surface area contributed by atoms with Gasteiger partial charge in [0.2, 0.25) is 0 Å². The number of carbonyl (C=O) groups is 2. The maximum absolute atomic E-state index is 12.4. The highest BCUT2D eigenvalue weighted by Gasteiger charge is 2.51. The second kappa shape index (κ2) is 6.93. The van der Waals surface area contributed by atoms with Crippen LogP contribution in [0, 0.1) is 17.8 Å². The van der Waals surface area contributed by atoms with Gasteiger partial charge in [0, 0.05) is 5.54 Å². The Labute approximate surface area is 154 Å². The van der Waals surface area contributed by atoms with Crippen molar-refractivity contribution in [3.63, 3.8) is 0 Å². The number of hydrogen-bond acceptors (Lipinski definition) is 4. The summed E-state index contributed by atoms with van der Waals surface area (Å²) in [5.41, 5.74) is -0.0512. The molecule has 5 rings (SSSR count). The monoisotopic (exact) mass is 357 g/mol. The van der Waals surface area contributed by atoms with E-state index in [4.69, 9.17) is 9.47 Å². The summed E-state index contributed by atoms with van der Waals surface area (Å²) in [5.74, 6) is 2.20. The second-order valence-corrected chi connectivity index (χ2v) is 8.43. The predicted molar refractivity (Wildman–Crippen MR) is 96.5 cm³/mol. The summed E-state index contributed by atoms with van der Waals surface area (Å²) in [4.78, 5) is 24.5. The van der Waals surface area contributed by atoms with Crippen molar-refractivity contribution in [2.24, 2.45) is 17.8 Å². The molecule has 4 aliphatic carbocycles. The summed E-state index contributed by atoms with van der Waals surface area (Å²) in [6.07, 6.45) is 6.52. The molecular weight excluding hydrogens is 330 g/mol. The number of carbonyl (C=O) groups excluding carboxylic acids is 2. The lowest BCUT2D eigenvalue weighted by atomic mass is 9.53. The minimum absolute atomic E-state index is 0.0512. The van der Waals surface area contributed by atoms with E-state index < -0.39 is 12.1 Å². The lowest BCUT2D eigenvalue weighted by Gasteiger charge is -2.56. The maximum Gasteiger partial charge on any atom is 0.347 e. The molecule has 4 bridgehead atoms. The summed E-state index contributed by atoms with van der Waals surface area (Å²) in [6.45, 7) is 1.40. The standard InChI is InChI=1S/C21H27NO4/c1-14(26-18-5-3-2-4-6-18)20(24)25-13-19(23)22-21-10-15-7-16(11-21)9-17(8-15)12-21/h2-6,14-17H,7-13H2,1H3,(H,22,23)/t14-,15?,16?,17?,21?/m0/s1. The molecule has 0 spiro atoms. The van der Waals surface area contributed by atoms with Gasteiger partial charge in [-0.25, -0.2) is 4.79 Å². The van der Waals surface area contributed by atoms with Crippen molar-refractivity contribution >= 4 is 11.9 Å². The molecule has 140 valence electrons. The first-order valence-corrected chi connectivity index (χ1v) is 9.71. The van der Waals surface area contributed by atoms with Crippen LogP contribution >= 0.6 is 0 Å². The molecule has 4 saturated carbocycles. The van der Waals surface area contributed by atoms with E-state index >= 15 is 0 Å². The molecule has 1 atom stereocenters. The van der Waals surface area contributed by atoms with Gasteiger partial charge in [-0.1, -0.05) is 18.2 Å². The van der Waals surface area contributed by atoms with Gasteiger partial charge in [0.05, 0.1) is 0 Å². The van der Waals surface area contributed by atoms with Gasteiger partial charge in [-0.2, -0.15) is 0 Å². The highest BCUT2D eigenvalue weighted by Crippen LogP contribution is 2.55. The molecule has 4 aliphatic rings. The number of esters is 1. The molecule has 0 saturated heterocycles. The van der Waals surface area contributed by atoms with Crippen LogP contribution < -0.4 is 10.1 Å². The number of amides is 1. The molecule has 4 fully saturated rings. The molecule has 0 aromatic heterocycles. The average molecular weight is 357 g/mol. The van der Waals surface area contributed by atoms with E-state index in [1.807, 2.05) is 18.2 Å². The Hall–Kier alpha value is -2.04. The Morgan fingerprint density at radius 1 is 1.08 bits per heavy atom. The van der Waals surface area contributed by atoms with Crippen molar-refractivity contribution in [1.82, 2.24) is 5.32 Å². The third-order valence-corrected chi connectivity index (χ3v) is 6.18. The molecule has 1 amide bonds. The first-order valence-electron chi connectivity index (χ1n) is 9.71. The lowest BCUT2D eigenvalue weighted by molar-refractivity contribution is -0.155. The van der Waals surface area contributed by atoms with Crippen molar-refractivity contribution in [2.75, 3.05) is 6.61 Å². The van der Waals surface area contributed by atoms with Gasteiger partial charge < -0.3 is 14.8 Å². The number of benzene rings is 1. The Morgan fingerprint density at radius 3 is 2.23 bits per heavy atom.